The number of para-hydroxylation sites is 1. The van der Waals surface area contributed by atoms with Gasteiger partial charge in [0, 0.05) is 35.8 Å². The molecule has 1 amide bonds. The van der Waals surface area contributed by atoms with Crippen molar-refractivity contribution in [3.8, 4) is 5.69 Å². The highest BCUT2D eigenvalue weighted by molar-refractivity contribution is 7.71. The Morgan fingerprint density at radius 2 is 1.81 bits per heavy atom. The summed E-state index contributed by atoms with van der Waals surface area (Å²) < 4.78 is 3.66. The number of carbonyl (C=O) groups excluding carboxylic acids is 1. The summed E-state index contributed by atoms with van der Waals surface area (Å²) in [6.45, 7) is 0. The SMILES string of the molecule is O=C(Nc1ccc(Cc2nc3ccccc3s2)cc1)c1ccc(-n2cc[nH]c2=S)cc1. The molecule has 7 heteroatoms. The molecule has 5 rings (SSSR count). The summed E-state index contributed by atoms with van der Waals surface area (Å²) in [5, 5.41) is 4.03. The number of amides is 1. The van der Waals surface area contributed by atoms with Gasteiger partial charge in [0.1, 0.15) is 0 Å². The van der Waals surface area contributed by atoms with Crippen LogP contribution in [0, 0.1) is 4.77 Å². The Kier molecular flexibility index (Phi) is 5.19. The molecule has 0 aliphatic heterocycles. The van der Waals surface area contributed by atoms with E-state index in [0.717, 1.165) is 33.9 Å². The molecular formula is C24H18N4OS2. The Balaban J connectivity index is 1.25. The van der Waals surface area contributed by atoms with Crippen LogP contribution in [0.1, 0.15) is 20.9 Å². The maximum Gasteiger partial charge on any atom is 0.255 e. The van der Waals surface area contributed by atoms with Crippen molar-refractivity contribution < 1.29 is 4.79 Å². The predicted octanol–water partition coefficient (Wildman–Crippen LogP) is 5.99. The summed E-state index contributed by atoms with van der Waals surface area (Å²) in [5.74, 6) is -0.150. The molecule has 5 aromatic rings. The molecule has 0 saturated carbocycles. The predicted molar refractivity (Wildman–Crippen MR) is 128 cm³/mol. The van der Waals surface area contributed by atoms with Crippen molar-refractivity contribution in [1.29, 1.82) is 0 Å². The number of nitrogens with zero attached hydrogens (tertiary/aromatic N) is 2. The van der Waals surface area contributed by atoms with E-state index in [4.69, 9.17) is 12.2 Å². The molecule has 0 aliphatic carbocycles. The number of aromatic amines is 1. The second kappa shape index (κ2) is 8.29. The topological polar surface area (TPSA) is 62.7 Å². The minimum atomic E-state index is -0.150. The number of nitrogens with one attached hydrogen (secondary N) is 2. The van der Waals surface area contributed by atoms with E-state index in [0.29, 0.717) is 10.3 Å². The minimum absolute atomic E-state index is 0.150. The van der Waals surface area contributed by atoms with Crippen molar-refractivity contribution in [2.45, 2.75) is 6.42 Å². The zero-order valence-corrected chi connectivity index (χ0v) is 18.0. The van der Waals surface area contributed by atoms with Gasteiger partial charge in [-0.3, -0.25) is 9.36 Å². The summed E-state index contributed by atoms with van der Waals surface area (Å²) in [4.78, 5) is 20.2. The maximum atomic E-state index is 12.6. The van der Waals surface area contributed by atoms with Crippen LogP contribution in [0.25, 0.3) is 15.9 Å². The largest absolute Gasteiger partial charge is 0.337 e. The van der Waals surface area contributed by atoms with Crippen LogP contribution in [0.2, 0.25) is 0 Å². The van der Waals surface area contributed by atoms with Gasteiger partial charge < -0.3 is 10.3 Å². The van der Waals surface area contributed by atoms with Gasteiger partial charge in [0.05, 0.1) is 15.2 Å². The Hall–Kier alpha value is -3.55. The lowest BCUT2D eigenvalue weighted by atomic mass is 10.1. The highest BCUT2D eigenvalue weighted by Gasteiger charge is 2.08. The molecule has 0 spiro atoms. The van der Waals surface area contributed by atoms with Crippen molar-refractivity contribution in [3.63, 3.8) is 0 Å². The van der Waals surface area contributed by atoms with Crippen molar-refractivity contribution in [2.75, 3.05) is 5.32 Å². The van der Waals surface area contributed by atoms with Crippen LogP contribution in [0.3, 0.4) is 0 Å². The molecule has 0 atom stereocenters. The van der Waals surface area contributed by atoms with Crippen LogP contribution >= 0.6 is 23.6 Å². The first kappa shape index (κ1) is 19.4. The Morgan fingerprint density at radius 1 is 1.03 bits per heavy atom. The summed E-state index contributed by atoms with van der Waals surface area (Å²) in [6, 6.07) is 23.4. The molecule has 2 heterocycles. The molecule has 0 saturated heterocycles. The molecule has 31 heavy (non-hydrogen) atoms. The maximum absolute atomic E-state index is 12.6. The number of aromatic nitrogens is 3. The minimum Gasteiger partial charge on any atom is -0.337 e. The number of fused-ring (bicyclic) bond motifs is 1. The molecule has 0 radical (unpaired) electrons. The third kappa shape index (κ3) is 4.19. The number of rotatable bonds is 5. The molecule has 2 aromatic heterocycles. The number of hydrogen-bond acceptors (Lipinski definition) is 4. The van der Waals surface area contributed by atoms with E-state index in [-0.39, 0.29) is 5.91 Å². The normalized spacial score (nSPS) is 11.0. The molecule has 0 unspecified atom stereocenters. The number of H-pyrrole nitrogens is 1. The Morgan fingerprint density at radius 3 is 2.52 bits per heavy atom. The van der Waals surface area contributed by atoms with E-state index >= 15 is 0 Å². The van der Waals surface area contributed by atoms with Crippen LogP contribution in [0.4, 0.5) is 5.69 Å². The molecule has 2 N–H and O–H groups in total. The summed E-state index contributed by atoms with van der Waals surface area (Å²) in [6.07, 6.45) is 4.41. The Labute approximate surface area is 188 Å². The molecule has 0 bridgehead atoms. The quantitative estimate of drug-likeness (QED) is 0.329. The molecule has 3 aromatic carbocycles. The monoisotopic (exact) mass is 442 g/mol. The average Bonchev–Trinajstić information content (AvgIpc) is 3.40. The zero-order chi connectivity index (χ0) is 21.2. The van der Waals surface area contributed by atoms with Crippen molar-refractivity contribution in [2.24, 2.45) is 0 Å². The van der Waals surface area contributed by atoms with Gasteiger partial charge in [-0.2, -0.15) is 0 Å². The number of anilines is 1. The fourth-order valence-electron chi connectivity index (χ4n) is 3.38. The first-order chi connectivity index (χ1) is 15.2. The number of carbonyl (C=O) groups is 1. The second-order valence-corrected chi connectivity index (χ2v) is 8.59. The molecule has 0 aliphatic rings. The van der Waals surface area contributed by atoms with E-state index in [1.807, 2.05) is 65.4 Å². The van der Waals surface area contributed by atoms with E-state index in [1.165, 1.54) is 4.70 Å². The second-order valence-electron chi connectivity index (χ2n) is 7.09. The van der Waals surface area contributed by atoms with E-state index < -0.39 is 0 Å². The zero-order valence-electron chi connectivity index (χ0n) is 16.4. The summed E-state index contributed by atoms with van der Waals surface area (Å²) in [7, 11) is 0. The smallest absolute Gasteiger partial charge is 0.255 e. The fourth-order valence-corrected chi connectivity index (χ4v) is 4.61. The van der Waals surface area contributed by atoms with Crippen LogP contribution in [0.5, 0.6) is 0 Å². The van der Waals surface area contributed by atoms with Crippen LogP contribution in [0.15, 0.2) is 85.2 Å². The van der Waals surface area contributed by atoms with Gasteiger partial charge in [-0.25, -0.2) is 4.98 Å². The van der Waals surface area contributed by atoms with Crippen LogP contribution in [-0.2, 0) is 6.42 Å². The van der Waals surface area contributed by atoms with Crippen molar-refractivity contribution >= 4 is 45.4 Å². The number of benzene rings is 3. The highest BCUT2D eigenvalue weighted by Crippen LogP contribution is 2.24. The standard InChI is InChI=1S/C24H18N4OS2/c29-23(17-7-11-19(12-8-17)28-14-13-25-24(28)30)26-18-9-5-16(6-10-18)15-22-27-20-3-1-2-4-21(20)31-22/h1-14H,15H2,(H,25,30)(H,26,29). The fraction of sp³-hybridized carbons (Fsp3) is 0.0417. The van der Waals surface area contributed by atoms with Crippen LogP contribution in [-0.4, -0.2) is 20.4 Å². The van der Waals surface area contributed by atoms with Gasteiger partial charge in [0.25, 0.3) is 5.91 Å². The first-order valence-electron chi connectivity index (χ1n) is 9.77. The molecule has 0 fully saturated rings. The van der Waals surface area contributed by atoms with Crippen molar-refractivity contribution in [3.05, 3.63) is 106 Å². The van der Waals surface area contributed by atoms with Gasteiger partial charge in [-0.05, 0) is 66.3 Å². The van der Waals surface area contributed by atoms with Gasteiger partial charge in [0.2, 0.25) is 0 Å². The summed E-state index contributed by atoms with van der Waals surface area (Å²) >= 11 is 6.95. The molecular weight excluding hydrogens is 424 g/mol. The van der Waals surface area contributed by atoms with E-state index in [9.17, 15) is 4.79 Å². The van der Waals surface area contributed by atoms with Crippen LogP contribution < -0.4 is 5.32 Å². The third-order valence-electron chi connectivity index (χ3n) is 4.96. The first-order valence-corrected chi connectivity index (χ1v) is 11.0. The van der Waals surface area contributed by atoms with Gasteiger partial charge in [-0.15, -0.1) is 11.3 Å². The van der Waals surface area contributed by atoms with Gasteiger partial charge in [0.15, 0.2) is 4.77 Å². The average molecular weight is 443 g/mol. The number of hydrogen-bond donors (Lipinski definition) is 2. The lowest BCUT2D eigenvalue weighted by Crippen LogP contribution is -2.11. The van der Waals surface area contributed by atoms with E-state index in [1.54, 1.807) is 29.7 Å². The molecule has 5 nitrogen and oxygen atoms in total. The third-order valence-corrected chi connectivity index (χ3v) is 6.31. The van der Waals surface area contributed by atoms with Gasteiger partial charge in [-0.1, -0.05) is 24.3 Å². The van der Waals surface area contributed by atoms with Crippen molar-refractivity contribution in [1.82, 2.24) is 14.5 Å². The summed E-state index contributed by atoms with van der Waals surface area (Å²) in [5.41, 5.74) is 4.45. The highest BCUT2D eigenvalue weighted by atomic mass is 32.1. The Bertz CT molecular complexity index is 1380. The number of thiazole rings is 1. The number of imidazole rings is 1. The lowest BCUT2D eigenvalue weighted by molar-refractivity contribution is 0.102. The van der Waals surface area contributed by atoms with Gasteiger partial charge >= 0.3 is 0 Å². The molecule has 152 valence electrons. The van der Waals surface area contributed by atoms with E-state index in [2.05, 4.69) is 21.4 Å². The lowest BCUT2D eigenvalue weighted by Gasteiger charge is -2.08.